The molecule has 1 aromatic heterocycles. The van der Waals surface area contributed by atoms with Crippen molar-refractivity contribution in [3.8, 4) is 5.69 Å². The summed E-state index contributed by atoms with van der Waals surface area (Å²) in [5, 5.41) is 7.58. The van der Waals surface area contributed by atoms with E-state index < -0.39 is 5.97 Å². The van der Waals surface area contributed by atoms with Crippen molar-refractivity contribution < 1.29 is 14.3 Å². The largest absolute Gasteiger partial charge is 0.462 e. The van der Waals surface area contributed by atoms with E-state index in [4.69, 9.17) is 16.3 Å². The molecule has 0 atom stereocenters. The zero-order valence-corrected chi connectivity index (χ0v) is 14.7. The number of benzene rings is 2. The van der Waals surface area contributed by atoms with E-state index in [0.717, 1.165) is 5.69 Å². The third kappa shape index (κ3) is 4.10. The highest BCUT2D eigenvalue weighted by Crippen LogP contribution is 2.15. The van der Waals surface area contributed by atoms with Crippen LogP contribution in [0.2, 0.25) is 5.02 Å². The molecule has 0 aliphatic carbocycles. The van der Waals surface area contributed by atoms with E-state index in [1.165, 1.54) is 6.20 Å². The average Bonchev–Trinajstić information content (AvgIpc) is 3.13. The van der Waals surface area contributed by atoms with Crippen molar-refractivity contribution in [2.45, 2.75) is 6.92 Å². The van der Waals surface area contributed by atoms with E-state index in [2.05, 4.69) is 10.4 Å². The molecule has 2 aromatic carbocycles. The summed E-state index contributed by atoms with van der Waals surface area (Å²) in [6, 6.07) is 13.6. The Balaban J connectivity index is 1.68. The SMILES string of the molecule is CCOC(=O)c1ccc(NC(=O)c2cnn(-c3ccc(Cl)cc3)c2)cc1. The van der Waals surface area contributed by atoms with E-state index in [-0.39, 0.29) is 5.91 Å². The van der Waals surface area contributed by atoms with Gasteiger partial charge >= 0.3 is 5.97 Å². The van der Waals surface area contributed by atoms with Gasteiger partial charge in [0.25, 0.3) is 5.91 Å². The highest BCUT2D eigenvalue weighted by atomic mass is 35.5. The Kier molecular flexibility index (Phi) is 5.34. The van der Waals surface area contributed by atoms with Crippen molar-refractivity contribution in [3.05, 3.63) is 77.1 Å². The third-order valence-corrected chi connectivity index (χ3v) is 3.84. The second-order valence-electron chi connectivity index (χ2n) is 5.40. The Bertz CT molecular complexity index is 918. The number of nitrogens with one attached hydrogen (secondary N) is 1. The van der Waals surface area contributed by atoms with E-state index in [0.29, 0.717) is 28.4 Å². The lowest BCUT2D eigenvalue weighted by atomic mass is 10.2. The number of nitrogens with zero attached hydrogens (tertiary/aromatic N) is 2. The van der Waals surface area contributed by atoms with Crippen LogP contribution >= 0.6 is 11.6 Å². The molecule has 3 aromatic rings. The van der Waals surface area contributed by atoms with Crippen molar-refractivity contribution in [2.24, 2.45) is 0 Å². The van der Waals surface area contributed by atoms with E-state index in [1.54, 1.807) is 54.2 Å². The van der Waals surface area contributed by atoms with Gasteiger partial charge in [-0.05, 0) is 55.5 Å². The first-order valence-electron chi connectivity index (χ1n) is 7.96. The van der Waals surface area contributed by atoms with Crippen molar-refractivity contribution in [1.29, 1.82) is 0 Å². The van der Waals surface area contributed by atoms with Gasteiger partial charge in [0.2, 0.25) is 0 Å². The van der Waals surface area contributed by atoms with Gasteiger partial charge in [0.05, 0.1) is 29.6 Å². The van der Waals surface area contributed by atoms with Crippen LogP contribution in [-0.4, -0.2) is 28.3 Å². The van der Waals surface area contributed by atoms with Crippen molar-refractivity contribution >= 4 is 29.2 Å². The number of rotatable bonds is 5. The van der Waals surface area contributed by atoms with Crippen molar-refractivity contribution in [3.63, 3.8) is 0 Å². The summed E-state index contributed by atoms with van der Waals surface area (Å²) in [4.78, 5) is 24.0. The maximum atomic E-state index is 12.4. The van der Waals surface area contributed by atoms with Gasteiger partial charge in [-0.25, -0.2) is 9.48 Å². The van der Waals surface area contributed by atoms with Crippen LogP contribution in [0.3, 0.4) is 0 Å². The summed E-state index contributed by atoms with van der Waals surface area (Å²) in [5.41, 5.74) is 2.21. The number of amides is 1. The first-order valence-corrected chi connectivity index (χ1v) is 8.34. The number of carbonyl (C=O) groups excluding carboxylic acids is 2. The molecule has 0 aliphatic rings. The fourth-order valence-corrected chi connectivity index (χ4v) is 2.41. The van der Waals surface area contributed by atoms with Gasteiger partial charge in [0.1, 0.15) is 0 Å². The van der Waals surface area contributed by atoms with Crippen LogP contribution in [0.4, 0.5) is 5.69 Å². The zero-order chi connectivity index (χ0) is 18.5. The van der Waals surface area contributed by atoms with Crippen LogP contribution in [0.15, 0.2) is 60.9 Å². The molecule has 7 heteroatoms. The number of aromatic nitrogens is 2. The molecule has 3 rings (SSSR count). The number of ether oxygens (including phenoxy) is 1. The number of hydrogen-bond acceptors (Lipinski definition) is 4. The Morgan fingerprint density at radius 1 is 1.08 bits per heavy atom. The summed E-state index contributed by atoms with van der Waals surface area (Å²) < 4.78 is 6.52. The topological polar surface area (TPSA) is 73.2 Å². The Morgan fingerprint density at radius 3 is 2.42 bits per heavy atom. The summed E-state index contributed by atoms with van der Waals surface area (Å²) in [7, 11) is 0. The highest BCUT2D eigenvalue weighted by molar-refractivity contribution is 6.30. The van der Waals surface area contributed by atoms with E-state index in [9.17, 15) is 9.59 Å². The fraction of sp³-hybridized carbons (Fsp3) is 0.105. The molecule has 0 radical (unpaired) electrons. The van der Waals surface area contributed by atoms with Crippen molar-refractivity contribution in [1.82, 2.24) is 9.78 Å². The van der Waals surface area contributed by atoms with Crippen LogP contribution in [0.5, 0.6) is 0 Å². The first-order chi connectivity index (χ1) is 12.6. The highest BCUT2D eigenvalue weighted by Gasteiger charge is 2.11. The van der Waals surface area contributed by atoms with Crippen LogP contribution < -0.4 is 5.32 Å². The molecule has 0 spiro atoms. The van der Waals surface area contributed by atoms with Gasteiger partial charge in [-0.3, -0.25) is 4.79 Å². The molecule has 0 aliphatic heterocycles. The zero-order valence-electron chi connectivity index (χ0n) is 14.0. The molecule has 132 valence electrons. The molecule has 0 saturated heterocycles. The number of halogens is 1. The van der Waals surface area contributed by atoms with Crippen LogP contribution in [0.25, 0.3) is 5.69 Å². The van der Waals surface area contributed by atoms with E-state index in [1.807, 2.05) is 12.1 Å². The van der Waals surface area contributed by atoms with Crippen LogP contribution in [-0.2, 0) is 4.74 Å². The maximum absolute atomic E-state index is 12.4. The van der Waals surface area contributed by atoms with Crippen LogP contribution in [0.1, 0.15) is 27.6 Å². The molecule has 0 fully saturated rings. The van der Waals surface area contributed by atoms with Gasteiger partial charge in [0.15, 0.2) is 0 Å². The molecule has 0 bridgehead atoms. The Hall–Kier alpha value is -3.12. The summed E-state index contributed by atoms with van der Waals surface area (Å²) >= 11 is 5.87. The first kappa shape index (κ1) is 17.7. The lowest BCUT2D eigenvalue weighted by molar-refractivity contribution is 0.0526. The second-order valence-corrected chi connectivity index (χ2v) is 5.84. The lowest BCUT2D eigenvalue weighted by Crippen LogP contribution is -2.11. The Labute approximate surface area is 155 Å². The van der Waals surface area contributed by atoms with Gasteiger partial charge in [-0.15, -0.1) is 0 Å². The van der Waals surface area contributed by atoms with Crippen molar-refractivity contribution in [2.75, 3.05) is 11.9 Å². The molecule has 26 heavy (non-hydrogen) atoms. The summed E-state index contributed by atoms with van der Waals surface area (Å²) in [6.07, 6.45) is 3.11. The molecule has 1 amide bonds. The minimum atomic E-state index is -0.394. The predicted octanol–water partition coefficient (Wildman–Crippen LogP) is 3.95. The van der Waals surface area contributed by atoms with Gasteiger partial charge in [0, 0.05) is 16.9 Å². The molecule has 0 saturated carbocycles. The average molecular weight is 370 g/mol. The number of carbonyl (C=O) groups is 2. The van der Waals surface area contributed by atoms with Gasteiger partial charge in [-0.2, -0.15) is 5.10 Å². The molecule has 1 heterocycles. The lowest BCUT2D eigenvalue weighted by Gasteiger charge is -2.05. The van der Waals surface area contributed by atoms with Gasteiger partial charge in [-0.1, -0.05) is 11.6 Å². The standard InChI is InChI=1S/C19H16ClN3O3/c1-2-26-19(25)13-3-7-16(8-4-13)22-18(24)14-11-21-23(12-14)17-9-5-15(20)6-10-17/h3-12H,2H2,1H3,(H,22,24). The molecule has 0 unspecified atom stereocenters. The molecular weight excluding hydrogens is 354 g/mol. The van der Waals surface area contributed by atoms with Gasteiger partial charge < -0.3 is 10.1 Å². The fourth-order valence-electron chi connectivity index (χ4n) is 2.28. The number of anilines is 1. The maximum Gasteiger partial charge on any atom is 0.338 e. The molecule has 6 nitrogen and oxygen atoms in total. The number of hydrogen-bond donors (Lipinski definition) is 1. The third-order valence-electron chi connectivity index (χ3n) is 3.59. The van der Waals surface area contributed by atoms with Crippen LogP contribution in [0, 0.1) is 0 Å². The Morgan fingerprint density at radius 2 is 1.77 bits per heavy atom. The normalized spacial score (nSPS) is 10.4. The predicted molar refractivity (Wildman–Crippen MR) is 98.9 cm³/mol. The molecular formula is C19H16ClN3O3. The second kappa shape index (κ2) is 7.84. The van der Waals surface area contributed by atoms with E-state index >= 15 is 0 Å². The minimum Gasteiger partial charge on any atom is -0.462 e. The quantitative estimate of drug-likeness (QED) is 0.691. The molecule has 1 N–H and O–H groups in total. The monoisotopic (exact) mass is 369 g/mol. The summed E-state index contributed by atoms with van der Waals surface area (Å²) in [5.74, 6) is -0.691. The smallest absolute Gasteiger partial charge is 0.338 e. The minimum absolute atomic E-state index is 0.297. The number of esters is 1. The summed E-state index contributed by atoms with van der Waals surface area (Å²) in [6.45, 7) is 2.06.